The van der Waals surface area contributed by atoms with Crippen molar-refractivity contribution in [2.24, 2.45) is 5.92 Å². The molecular formula is C12H16O4. The van der Waals surface area contributed by atoms with Gasteiger partial charge in [0.1, 0.15) is 0 Å². The van der Waals surface area contributed by atoms with Gasteiger partial charge in [0, 0.05) is 6.42 Å². The molecule has 4 nitrogen and oxygen atoms in total. The Morgan fingerprint density at radius 2 is 2.00 bits per heavy atom. The fourth-order valence-electron chi connectivity index (χ4n) is 1.16. The lowest BCUT2D eigenvalue weighted by Crippen LogP contribution is -2.13. The normalized spacial score (nSPS) is 10.4. The summed E-state index contributed by atoms with van der Waals surface area (Å²) in [7, 11) is 0. The van der Waals surface area contributed by atoms with Crippen LogP contribution in [0.2, 0.25) is 0 Å². The Bertz CT molecular complexity index is 371. The molecule has 0 saturated heterocycles. The highest BCUT2D eigenvalue weighted by molar-refractivity contribution is 5.71. The predicted octanol–water partition coefficient (Wildman–Crippen LogP) is 1.84. The number of aromatic hydroxyl groups is 2. The van der Waals surface area contributed by atoms with Crippen LogP contribution in [0.15, 0.2) is 18.2 Å². The summed E-state index contributed by atoms with van der Waals surface area (Å²) in [5, 5.41) is 18.3. The van der Waals surface area contributed by atoms with Crippen molar-refractivity contribution in [3.05, 3.63) is 23.8 Å². The van der Waals surface area contributed by atoms with E-state index in [0.29, 0.717) is 6.42 Å². The quantitative estimate of drug-likeness (QED) is 0.605. The van der Waals surface area contributed by atoms with Crippen LogP contribution in [0.25, 0.3) is 0 Å². The van der Waals surface area contributed by atoms with Gasteiger partial charge >= 0.3 is 5.97 Å². The smallest absolute Gasteiger partial charge is 0.308 e. The summed E-state index contributed by atoms with van der Waals surface area (Å²) >= 11 is 0. The largest absolute Gasteiger partial charge is 0.504 e. The summed E-state index contributed by atoms with van der Waals surface area (Å²) in [6.07, 6.45) is 0.520. The van der Waals surface area contributed by atoms with Gasteiger partial charge in [0.2, 0.25) is 0 Å². The molecule has 0 radical (unpaired) electrons. The Labute approximate surface area is 94.5 Å². The first-order chi connectivity index (χ1) is 7.50. The molecule has 0 aromatic heterocycles. The molecular weight excluding hydrogens is 208 g/mol. The molecule has 0 spiro atoms. The zero-order valence-electron chi connectivity index (χ0n) is 9.43. The zero-order valence-corrected chi connectivity index (χ0v) is 9.43. The first kappa shape index (κ1) is 12.4. The van der Waals surface area contributed by atoms with E-state index in [1.165, 1.54) is 12.1 Å². The number of esters is 1. The monoisotopic (exact) mass is 224 g/mol. The molecule has 0 bridgehead atoms. The van der Waals surface area contributed by atoms with Crippen LogP contribution in [0.5, 0.6) is 11.5 Å². The molecule has 0 atom stereocenters. The summed E-state index contributed by atoms with van der Waals surface area (Å²) in [6.45, 7) is 3.82. The second-order valence-electron chi connectivity index (χ2n) is 3.90. The van der Waals surface area contributed by atoms with Crippen LogP contribution < -0.4 is 0 Å². The predicted molar refractivity (Wildman–Crippen MR) is 59.3 cm³/mol. The van der Waals surface area contributed by atoms with Gasteiger partial charge in [0.25, 0.3) is 0 Å². The third-order valence-electron chi connectivity index (χ3n) is 2.15. The molecule has 0 unspecified atom stereocenters. The van der Waals surface area contributed by atoms with Gasteiger partial charge in [-0.25, -0.2) is 0 Å². The number of hydrogen-bond donors (Lipinski definition) is 2. The van der Waals surface area contributed by atoms with Crippen LogP contribution in [-0.4, -0.2) is 22.8 Å². The maximum atomic E-state index is 11.1. The average molecular weight is 224 g/mol. The van der Waals surface area contributed by atoms with Crippen molar-refractivity contribution in [3.8, 4) is 11.5 Å². The summed E-state index contributed by atoms with van der Waals surface area (Å²) < 4.78 is 4.99. The number of carbonyl (C=O) groups is 1. The molecule has 0 fully saturated rings. The standard InChI is InChI=1S/C12H16O4/c1-8(2)12(15)16-6-5-9-3-4-10(13)11(14)7-9/h3-4,7-8,13-14H,5-6H2,1-2H3. The van der Waals surface area contributed by atoms with E-state index >= 15 is 0 Å². The Kier molecular flexibility index (Phi) is 4.17. The van der Waals surface area contributed by atoms with Crippen molar-refractivity contribution >= 4 is 5.97 Å². The Morgan fingerprint density at radius 3 is 2.56 bits per heavy atom. The third kappa shape index (κ3) is 3.46. The van der Waals surface area contributed by atoms with Crippen molar-refractivity contribution in [2.75, 3.05) is 6.61 Å². The second-order valence-corrected chi connectivity index (χ2v) is 3.90. The second kappa shape index (κ2) is 5.39. The van der Waals surface area contributed by atoms with Gasteiger partial charge in [-0.3, -0.25) is 4.79 Å². The minimum absolute atomic E-state index is 0.131. The number of carbonyl (C=O) groups excluding carboxylic acids is 1. The number of rotatable bonds is 4. The van der Waals surface area contributed by atoms with Crippen molar-refractivity contribution < 1.29 is 19.7 Å². The summed E-state index contributed by atoms with van der Waals surface area (Å²) in [6, 6.07) is 4.55. The molecule has 0 aliphatic heterocycles. The fraction of sp³-hybridized carbons (Fsp3) is 0.417. The number of phenols is 2. The minimum Gasteiger partial charge on any atom is -0.504 e. The Hall–Kier alpha value is -1.71. The highest BCUT2D eigenvalue weighted by Crippen LogP contribution is 2.24. The van der Waals surface area contributed by atoms with Crippen molar-refractivity contribution in [1.82, 2.24) is 0 Å². The fourth-order valence-corrected chi connectivity index (χ4v) is 1.16. The third-order valence-corrected chi connectivity index (χ3v) is 2.15. The van der Waals surface area contributed by atoms with Crippen LogP contribution in [0.4, 0.5) is 0 Å². The van der Waals surface area contributed by atoms with Crippen molar-refractivity contribution in [2.45, 2.75) is 20.3 Å². The molecule has 0 heterocycles. The van der Waals surface area contributed by atoms with E-state index in [9.17, 15) is 9.90 Å². The number of ether oxygens (including phenoxy) is 1. The van der Waals surface area contributed by atoms with E-state index in [1.54, 1.807) is 19.9 Å². The van der Waals surface area contributed by atoms with Gasteiger partial charge in [-0.1, -0.05) is 19.9 Å². The molecule has 0 aliphatic carbocycles. The first-order valence-electron chi connectivity index (χ1n) is 5.18. The van der Waals surface area contributed by atoms with Crippen LogP contribution in [-0.2, 0) is 16.0 Å². The van der Waals surface area contributed by atoms with E-state index in [4.69, 9.17) is 9.84 Å². The number of phenolic OH excluding ortho intramolecular Hbond substituents is 2. The van der Waals surface area contributed by atoms with Gasteiger partial charge in [-0.2, -0.15) is 0 Å². The van der Waals surface area contributed by atoms with Crippen molar-refractivity contribution in [1.29, 1.82) is 0 Å². The molecule has 0 saturated carbocycles. The molecule has 88 valence electrons. The Morgan fingerprint density at radius 1 is 1.31 bits per heavy atom. The molecule has 0 amide bonds. The molecule has 4 heteroatoms. The molecule has 1 aromatic rings. The number of hydrogen-bond acceptors (Lipinski definition) is 4. The van der Waals surface area contributed by atoms with Crippen LogP contribution in [0, 0.1) is 5.92 Å². The number of benzene rings is 1. The Balaban J connectivity index is 2.43. The topological polar surface area (TPSA) is 66.8 Å². The summed E-state index contributed by atoms with van der Waals surface area (Å²) in [5.41, 5.74) is 0.812. The van der Waals surface area contributed by atoms with E-state index in [0.717, 1.165) is 5.56 Å². The van der Waals surface area contributed by atoms with E-state index < -0.39 is 0 Å². The molecule has 1 aromatic carbocycles. The zero-order chi connectivity index (χ0) is 12.1. The highest BCUT2D eigenvalue weighted by Gasteiger charge is 2.08. The molecule has 1 rings (SSSR count). The maximum Gasteiger partial charge on any atom is 0.308 e. The molecule has 16 heavy (non-hydrogen) atoms. The highest BCUT2D eigenvalue weighted by atomic mass is 16.5. The van der Waals surface area contributed by atoms with Gasteiger partial charge in [-0.15, -0.1) is 0 Å². The van der Waals surface area contributed by atoms with E-state index in [-0.39, 0.29) is 30.0 Å². The first-order valence-corrected chi connectivity index (χ1v) is 5.18. The van der Waals surface area contributed by atoms with Gasteiger partial charge < -0.3 is 14.9 Å². The minimum atomic E-state index is -0.233. The lowest BCUT2D eigenvalue weighted by Gasteiger charge is -2.07. The maximum absolute atomic E-state index is 11.1. The molecule has 0 aliphatic rings. The SMILES string of the molecule is CC(C)C(=O)OCCc1ccc(O)c(O)c1. The van der Waals surface area contributed by atoms with Crippen LogP contribution >= 0.6 is 0 Å². The summed E-state index contributed by atoms with van der Waals surface area (Å²) in [4.78, 5) is 11.1. The van der Waals surface area contributed by atoms with E-state index in [2.05, 4.69) is 0 Å². The average Bonchev–Trinajstić information content (AvgIpc) is 2.23. The van der Waals surface area contributed by atoms with Crippen molar-refractivity contribution in [3.63, 3.8) is 0 Å². The van der Waals surface area contributed by atoms with Gasteiger partial charge in [-0.05, 0) is 17.7 Å². The van der Waals surface area contributed by atoms with E-state index in [1.807, 2.05) is 0 Å². The lowest BCUT2D eigenvalue weighted by atomic mass is 10.1. The van der Waals surface area contributed by atoms with Gasteiger partial charge in [0.15, 0.2) is 11.5 Å². The molecule has 2 N–H and O–H groups in total. The lowest BCUT2D eigenvalue weighted by molar-refractivity contribution is -0.147. The van der Waals surface area contributed by atoms with Crippen LogP contribution in [0.1, 0.15) is 19.4 Å². The summed E-state index contributed by atoms with van der Waals surface area (Å²) in [5.74, 6) is -0.674. The van der Waals surface area contributed by atoms with Gasteiger partial charge in [0.05, 0.1) is 12.5 Å². The van der Waals surface area contributed by atoms with Crippen LogP contribution in [0.3, 0.4) is 0 Å².